The summed E-state index contributed by atoms with van der Waals surface area (Å²) in [6, 6.07) is 13.4. The SMILES string of the molecule is CCCCCCCCCCCCOc1ccc(CC(=O)Nc2cccc(C[n+]3csc(C)c3)c2)cc1C(C)=O. The Bertz CT molecular complexity index is 1190. The van der Waals surface area contributed by atoms with E-state index in [9.17, 15) is 9.59 Å². The monoisotopic (exact) mass is 549 g/mol. The molecule has 0 unspecified atom stereocenters. The number of hydrogen-bond acceptors (Lipinski definition) is 4. The van der Waals surface area contributed by atoms with Gasteiger partial charge in [0.15, 0.2) is 18.5 Å². The lowest BCUT2D eigenvalue weighted by Gasteiger charge is -2.12. The molecular weight excluding hydrogens is 504 g/mol. The maximum atomic E-state index is 12.8. The molecular formula is C33H45N2O3S+. The van der Waals surface area contributed by atoms with Gasteiger partial charge in [-0.25, -0.2) is 0 Å². The highest BCUT2D eigenvalue weighted by Crippen LogP contribution is 2.22. The van der Waals surface area contributed by atoms with Crippen LogP contribution in [0.15, 0.2) is 54.2 Å². The quantitative estimate of drug-likeness (QED) is 0.0991. The summed E-state index contributed by atoms with van der Waals surface area (Å²) in [5.74, 6) is 0.445. The third-order valence-corrected chi connectivity index (χ3v) is 7.69. The highest BCUT2D eigenvalue weighted by molar-refractivity contribution is 7.09. The first-order valence-corrected chi connectivity index (χ1v) is 15.4. The van der Waals surface area contributed by atoms with Crippen molar-refractivity contribution >= 4 is 28.7 Å². The number of aromatic nitrogens is 1. The molecule has 1 heterocycles. The van der Waals surface area contributed by atoms with Gasteiger partial charge in [0.2, 0.25) is 11.4 Å². The molecule has 0 atom stereocenters. The van der Waals surface area contributed by atoms with Crippen LogP contribution in [0.3, 0.4) is 0 Å². The minimum absolute atomic E-state index is 0.0517. The molecule has 0 bridgehead atoms. The Kier molecular flexibility index (Phi) is 13.2. The molecule has 6 heteroatoms. The number of carbonyl (C=O) groups excluding carboxylic acids is 2. The number of unbranched alkanes of at least 4 members (excludes halogenated alkanes) is 9. The van der Waals surface area contributed by atoms with Gasteiger partial charge in [0, 0.05) is 11.3 Å². The Balaban J connectivity index is 1.43. The Morgan fingerprint density at radius 1 is 0.897 bits per heavy atom. The van der Waals surface area contributed by atoms with E-state index in [2.05, 4.69) is 41.5 Å². The standard InChI is InChI=1S/C33H44N2O3S/c1-4-5-6-7-8-9-10-11-12-13-19-38-32-18-17-28(21-31(32)27(3)36)22-33(37)34-30-16-14-15-29(20-30)24-35-23-26(2)39-25-35/h14-18,20-21,23,25H,4-13,19,22,24H2,1-3H3/p+1. The van der Waals surface area contributed by atoms with Crippen LogP contribution in [-0.4, -0.2) is 18.3 Å². The van der Waals surface area contributed by atoms with Crippen molar-refractivity contribution in [2.45, 2.75) is 97.9 Å². The van der Waals surface area contributed by atoms with Crippen LogP contribution < -0.4 is 14.6 Å². The first kappa shape index (κ1) is 30.6. The van der Waals surface area contributed by atoms with Crippen LogP contribution in [0.4, 0.5) is 5.69 Å². The predicted molar refractivity (Wildman–Crippen MR) is 161 cm³/mol. The minimum atomic E-state index is -0.111. The third-order valence-electron chi connectivity index (χ3n) is 6.84. The number of rotatable bonds is 18. The van der Waals surface area contributed by atoms with Gasteiger partial charge in [0.1, 0.15) is 5.75 Å². The van der Waals surface area contributed by atoms with Gasteiger partial charge in [-0.2, -0.15) is 4.57 Å². The highest BCUT2D eigenvalue weighted by Gasteiger charge is 2.13. The number of amides is 1. The van der Waals surface area contributed by atoms with Gasteiger partial charge in [-0.1, -0.05) is 94.2 Å². The van der Waals surface area contributed by atoms with Gasteiger partial charge < -0.3 is 10.1 Å². The molecule has 1 N–H and O–H groups in total. The summed E-state index contributed by atoms with van der Waals surface area (Å²) < 4.78 is 8.11. The van der Waals surface area contributed by atoms with Crippen molar-refractivity contribution in [2.75, 3.05) is 11.9 Å². The average molecular weight is 550 g/mol. The third kappa shape index (κ3) is 11.3. The van der Waals surface area contributed by atoms with Crippen LogP contribution in [0.1, 0.15) is 104 Å². The molecule has 3 rings (SSSR count). The van der Waals surface area contributed by atoms with E-state index in [1.165, 1.54) is 56.2 Å². The molecule has 0 aliphatic heterocycles. The normalized spacial score (nSPS) is 10.9. The lowest BCUT2D eigenvalue weighted by molar-refractivity contribution is -0.683. The summed E-state index contributed by atoms with van der Waals surface area (Å²) in [5.41, 5.74) is 5.33. The maximum Gasteiger partial charge on any atom is 0.228 e. The van der Waals surface area contributed by atoms with Gasteiger partial charge in [-0.15, -0.1) is 0 Å². The molecule has 39 heavy (non-hydrogen) atoms. The molecule has 5 nitrogen and oxygen atoms in total. The number of thiazole rings is 1. The van der Waals surface area contributed by atoms with Crippen molar-refractivity contribution in [3.05, 3.63) is 75.7 Å². The fourth-order valence-electron chi connectivity index (χ4n) is 4.74. The summed E-state index contributed by atoms with van der Waals surface area (Å²) in [7, 11) is 0. The molecule has 0 aliphatic rings. The number of Topliss-reactive ketones (excluding diaryl/α,β-unsaturated/α-hetero) is 1. The largest absolute Gasteiger partial charge is 0.493 e. The molecule has 0 fully saturated rings. The molecule has 0 aliphatic carbocycles. The second kappa shape index (κ2) is 16.9. The van der Waals surface area contributed by atoms with Crippen molar-refractivity contribution in [1.82, 2.24) is 0 Å². The lowest BCUT2D eigenvalue weighted by atomic mass is 10.0. The van der Waals surface area contributed by atoms with Crippen molar-refractivity contribution < 1.29 is 18.9 Å². The molecule has 2 aromatic carbocycles. The lowest BCUT2D eigenvalue weighted by Crippen LogP contribution is -2.30. The van der Waals surface area contributed by atoms with Crippen molar-refractivity contribution in [3.63, 3.8) is 0 Å². The Morgan fingerprint density at radius 2 is 1.62 bits per heavy atom. The number of hydrogen-bond donors (Lipinski definition) is 1. The number of carbonyl (C=O) groups is 2. The summed E-state index contributed by atoms with van der Waals surface area (Å²) in [5, 5.41) is 3.00. The van der Waals surface area contributed by atoms with E-state index < -0.39 is 0 Å². The molecule has 0 radical (unpaired) electrons. The average Bonchev–Trinajstić information content (AvgIpc) is 3.32. The van der Waals surface area contributed by atoms with Crippen LogP contribution in [0.2, 0.25) is 0 Å². The number of ether oxygens (including phenoxy) is 1. The van der Waals surface area contributed by atoms with Crippen LogP contribution >= 0.6 is 11.3 Å². The van der Waals surface area contributed by atoms with Gasteiger partial charge in [-0.05, 0) is 50.1 Å². The zero-order valence-corrected chi connectivity index (χ0v) is 24.8. The predicted octanol–water partition coefficient (Wildman–Crippen LogP) is 8.08. The number of anilines is 1. The maximum absolute atomic E-state index is 12.8. The van der Waals surface area contributed by atoms with Crippen molar-refractivity contribution in [2.24, 2.45) is 0 Å². The topological polar surface area (TPSA) is 59.3 Å². The van der Waals surface area contributed by atoms with E-state index in [-0.39, 0.29) is 18.1 Å². The summed E-state index contributed by atoms with van der Waals surface area (Å²) in [4.78, 5) is 26.3. The number of nitrogens with zero attached hydrogens (tertiary/aromatic N) is 1. The molecule has 0 saturated heterocycles. The molecule has 0 spiro atoms. The van der Waals surface area contributed by atoms with E-state index >= 15 is 0 Å². The summed E-state index contributed by atoms with van der Waals surface area (Å²) >= 11 is 1.72. The minimum Gasteiger partial charge on any atom is -0.493 e. The fraction of sp³-hybridized carbons (Fsp3) is 0.485. The second-order valence-electron chi connectivity index (χ2n) is 10.5. The van der Waals surface area contributed by atoms with Crippen molar-refractivity contribution in [3.8, 4) is 5.75 Å². The summed E-state index contributed by atoms with van der Waals surface area (Å²) in [6.45, 7) is 7.26. The first-order valence-electron chi connectivity index (χ1n) is 14.5. The van der Waals surface area contributed by atoms with E-state index in [4.69, 9.17) is 4.74 Å². The Hall–Kier alpha value is -2.99. The summed E-state index contributed by atoms with van der Waals surface area (Å²) in [6.07, 6.45) is 15.0. The van der Waals surface area contributed by atoms with E-state index in [0.29, 0.717) is 17.9 Å². The van der Waals surface area contributed by atoms with E-state index in [1.54, 1.807) is 24.3 Å². The van der Waals surface area contributed by atoms with Gasteiger partial charge >= 0.3 is 0 Å². The van der Waals surface area contributed by atoms with Crippen molar-refractivity contribution in [1.29, 1.82) is 0 Å². The molecule has 1 amide bonds. The van der Waals surface area contributed by atoms with Crippen LogP contribution in [0.25, 0.3) is 0 Å². The first-order chi connectivity index (χ1) is 18.9. The highest BCUT2D eigenvalue weighted by atomic mass is 32.1. The van der Waals surface area contributed by atoms with Gasteiger partial charge in [-0.3, -0.25) is 9.59 Å². The molecule has 0 saturated carbocycles. The molecule has 3 aromatic rings. The number of benzene rings is 2. The molecule has 210 valence electrons. The van der Waals surface area contributed by atoms with Crippen LogP contribution in [-0.2, 0) is 17.8 Å². The fourth-order valence-corrected chi connectivity index (χ4v) is 5.37. The second-order valence-corrected chi connectivity index (χ2v) is 11.6. The number of ketones is 1. The molecule has 1 aromatic heterocycles. The zero-order valence-electron chi connectivity index (χ0n) is 24.0. The smallest absolute Gasteiger partial charge is 0.228 e. The van der Waals surface area contributed by atoms with Crippen LogP contribution in [0.5, 0.6) is 5.75 Å². The number of aryl methyl sites for hydroxylation is 1. The Labute approximate surface area is 238 Å². The Morgan fingerprint density at radius 3 is 2.28 bits per heavy atom. The van der Waals surface area contributed by atoms with E-state index in [1.807, 2.05) is 30.3 Å². The van der Waals surface area contributed by atoms with Crippen LogP contribution in [0, 0.1) is 6.92 Å². The van der Waals surface area contributed by atoms with E-state index in [0.717, 1.165) is 36.2 Å². The zero-order chi connectivity index (χ0) is 27.9. The van der Waals surface area contributed by atoms with Gasteiger partial charge in [0.05, 0.1) is 23.5 Å². The number of nitrogens with one attached hydrogen (secondary N) is 1. The van der Waals surface area contributed by atoms with Gasteiger partial charge in [0.25, 0.3) is 0 Å².